The van der Waals surface area contributed by atoms with Gasteiger partial charge in [0.05, 0.1) is 18.3 Å². The van der Waals surface area contributed by atoms with E-state index in [1.54, 1.807) is 0 Å². The topological polar surface area (TPSA) is 46.9 Å². The number of aromatic nitrogens is 2. The molecule has 0 radical (unpaired) electrons. The molecule has 4 nitrogen and oxygen atoms in total. The third kappa shape index (κ3) is 3.15. The average Bonchev–Trinajstić information content (AvgIpc) is 2.89. The second kappa shape index (κ2) is 6.31. The molecule has 1 aromatic heterocycles. The van der Waals surface area contributed by atoms with Crippen molar-refractivity contribution in [1.29, 1.82) is 0 Å². The first kappa shape index (κ1) is 13.5. The molecule has 106 valence electrons. The van der Waals surface area contributed by atoms with Gasteiger partial charge in [-0.3, -0.25) is 9.48 Å². The molecule has 0 unspecified atom stereocenters. The van der Waals surface area contributed by atoms with E-state index >= 15 is 0 Å². The summed E-state index contributed by atoms with van der Waals surface area (Å²) < 4.78 is 1.91. The van der Waals surface area contributed by atoms with Crippen molar-refractivity contribution in [3.8, 4) is 0 Å². The summed E-state index contributed by atoms with van der Waals surface area (Å²) in [6, 6.07) is 8.46. The number of fused-ring (bicyclic) bond motifs is 1. The first-order valence-corrected chi connectivity index (χ1v) is 8.26. The van der Waals surface area contributed by atoms with Crippen molar-refractivity contribution in [1.82, 2.24) is 15.1 Å². The Hall–Kier alpha value is -1.49. The number of carbonyl (C=O) groups excluding carboxylic acids is 1. The lowest BCUT2D eigenvalue weighted by Gasteiger charge is -2.22. The summed E-state index contributed by atoms with van der Waals surface area (Å²) in [5, 5.41) is 8.61. The zero-order valence-electron chi connectivity index (χ0n) is 11.4. The van der Waals surface area contributed by atoms with Gasteiger partial charge in [0.2, 0.25) is 5.91 Å². The normalized spacial score (nSPS) is 16.4. The van der Waals surface area contributed by atoms with Crippen LogP contribution in [-0.2, 0) is 11.3 Å². The van der Waals surface area contributed by atoms with Crippen LogP contribution in [0.1, 0.15) is 19.3 Å². The molecule has 1 aromatic carbocycles. The van der Waals surface area contributed by atoms with E-state index in [4.69, 9.17) is 0 Å². The fraction of sp³-hybridized carbons (Fsp3) is 0.467. The fourth-order valence-electron chi connectivity index (χ4n) is 2.55. The summed E-state index contributed by atoms with van der Waals surface area (Å²) in [6.07, 6.45) is 4.54. The van der Waals surface area contributed by atoms with Crippen LogP contribution in [-0.4, -0.2) is 33.2 Å². The molecule has 0 bridgehead atoms. The van der Waals surface area contributed by atoms with Crippen molar-refractivity contribution in [3.63, 3.8) is 0 Å². The number of para-hydroxylation sites is 1. The first-order valence-electron chi connectivity index (χ1n) is 7.10. The number of hydrogen-bond acceptors (Lipinski definition) is 3. The number of rotatable bonds is 4. The van der Waals surface area contributed by atoms with Crippen LogP contribution in [0.3, 0.4) is 0 Å². The minimum Gasteiger partial charge on any atom is -0.353 e. The van der Waals surface area contributed by atoms with Gasteiger partial charge in [0.15, 0.2) is 0 Å². The molecule has 0 spiro atoms. The number of hydrogen-bond donors (Lipinski definition) is 1. The number of benzene rings is 1. The van der Waals surface area contributed by atoms with Crippen LogP contribution < -0.4 is 5.32 Å². The summed E-state index contributed by atoms with van der Waals surface area (Å²) in [5.41, 5.74) is 1.09. The van der Waals surface area contributed by atoms with Gasteiger partial charge in [-0.05, 0) is 30.4 Å². The third-order valence-corrected chi connectivity index (χ3v) is 4.74. The Morgan fingerprint density at radius 1 is 1.35 bits per heavy atom. The van der Waals surface area contributed by atoms with E-state index in [-0.39, 0.29) is 5.91 Å². The quantitative estimate of drug-likeness (QED) is 0.940. The molecule has 1 fully saturated rings. The molecule has 0 atom stereocenters. The molecule has 1 aliphatic rings. The van der Waals surface area contributed by atoms with E-state index in [1.165, 1.54) is 0 Å². The van der Waals surface area contributed by atoms with Crippen molar-refractivity contribution in [2.75, 3.05) is 11.5 Å². The van der Waals surface area contributed by atoms with Gasteiger partial charge in [-0.2, -0.15) is 16.9 Å². The summed E-state index contributed by atoms with van der Waals surface area (Å²) >= 11 is 1.97. The standard InChI is InChI=1S/C15H19N3OS/c19-15(17-13-6-9-20-10-7-13)5-8-18-14-4-2-1-3-12(14)11-16-18/h1-4,11,13H,5-10H2,(H,17,19). The second-order valence-corrected chi connectivity index (χ2v) is 6.36. The lowest BCUT2D eigenvalue weighted by atomic mass is 10.1. The van der Waals surface area contributed by atoms with E-state index < -0.39 is 0 Å². The number of aryl methyl sites for hydroxylation is 1. The zero-order valence-corrected chi connectivity index (χ0v) is 12.2. The lowest BCUT2D eigenvalue weighted by molar-refractivity contribution is -0.122. The zero-order chi connectivity index (χ0) is 13.8. The third-order valence-electron chi connectivity index (χ3n) is 3.69. The lowest BCUT2D eigenvalue weighted by Crippen LogP contribution is -2.37. The highest BCUT2D eigenvalue weighted by molar-refractivity contribution is 7.99. The molecule has 1 saturated heterocycles. The van der Waals surface area contributed by atoms with Gasteiger partial charge in [-0.15, -0.1) is 0 Å². The molecule has 2 heterocycles. The molecule has 3 rings (SSSR count). The highest BCUT2D eigenvalue weighted by Gasteiger charge is 2.15. The van der Waals surface area contributed by atoms with Crippen molar-refractivity contribution in [2.24, 2.45) is 0 Å². The Kier molecular flexibility index (Phi) is 4.25. The first-order chi connectivity index (χ1) is 9.83. The largest absolute Gasteiger partial charge is 0.353 e. The Balaban J connectivity index is 1.54. The molecule has 2 aromatic rings. The molecule has 0 saturated carbocycles. The highest BCUT2D eigenvalue weighted by atomic mass is 32.2. The average molecular weight is 289 g/mol. The van der Waals surface area contributed by atoms with Crippen LogP contribution in [0.2, 0.25) is 0 Å². The maximum atomic E-state index is 12.0. The maximum absolute atomic E-state index is 12.0. The van der Waals surface area contributed by atoms with Crippen molar-refractivity contribution in [2.45, 2.75) is 31.8 Å². The second-order valence-electron chi connectivity index (χ2n) is 5.13. The number of thioether (sulfide) groups is 1. The number of carbonyl (C=O) groups is 1. The summed E-state index contributed by atoms with van der Waals surface area (Å²) in [4.78, 5) is 12.0. The van der Waals surface area contributed by atoms with Crippen LogP contribution in [0.5, 0.6) is 0 Å². The van der Waals surface area contributed by atoms with Gasteiger partial charge >= 0.3 is 0 Å². The van der Waals surface area contributed by atoms with E-state index in [0.717, 1.165) is 35.3 Å². The summed E-state index contributed by atoms with van der Waals surface area (Å²) in [7, 11) is 0. The van der Waals surface area contributed by atoms with Crippen LogP contribution in [0.15, 0.2) is 30.5 Å². The molecule has 0 aliphatic carbocycles. The maximum Gasteiger partial charge on any atom is 0.222 e. The summed E-state index contributed by atoms with van der Waals surface area (Å²) in [6.45, 7) is 0.640. The summed E-state index contributed by atoms with van der Waals surface area (Å²) in [5.74, 6) is 2.46. The van der Waals surface area contributed by atoms with E-state index in [0.29, 0.717) is 19.0 Å². The minimum atomic E-state index is 0.140. The Morgan fingerprint density at radius 2 is 2.15 bits per heavy atom. The van der Waals surface area contributed by atoms with E-state index in [9.17, 15) is 4.79 Å². The minimum absolute atomic E-state index is 0.140. The van der Waals surface area contributed by atoms with Gasteiger partial charge in [0.25, 0.3) is 0 Å². The number of nitrogens with zero attached hydrogens (tertiary/aromatic N) is 2. The van der Waals surface area contributed by atoms with Crippen LogP contribution >= 0.6 is 11.8 Å². The van der Waals surface area contributed by atoms with Crippen molar-refractivity contribution < 1.29 is 4.79 Å². The van der Waals surface area contributed by atoms with E-state index in [1.807, 2.05) is 46.9 Å². The molecule has 20 heavy (non-hydrogen) atoms. The Morgan fingerprint density at radius 3 is 3.00 bits per heavy atom. The van der Waals surface area contributed by atoms with E-state index in [2.05, 4.69) is 10.4 Å². The molecule has 5 heteroatoms. The van der Waals surface area contributed by atoms with Gasteiger partial charge in [-0.25, -0.2) is 0 Å². The monoisotopic (exact) mass is 289 g/mol. The SMILES string of the molecule is O=C(CCn1ncc2ccccc21)NC1CCSCC1. The molecular formula is C15H19N3OS. The van der Waals surface area contributed by atoms with Crippen LogP contribution in [0, 0.1) is 0 Å². The highest BCUT2D eigenvalue weighted by Crippen LogP contribution is 2.17. The van der Waals surface area contributed by atoms with Crippen LogP contribution in [0.4, 0.5) is 0 Å². The number of amides is 1. The van der Waals surface area contributed by atoms with Gasteiger partial charge in [-0.1, -0.05) is 18.2 Å². The molecule has 1 aliphatic heterocycles. The Labute approximate surface area is 122 Å². The molecular weight excluding hydrogens is 270 g/mol. The number of nitrogens with one attached hydrogen (secondary N) is 1. The smallest absolute Gasteiger partial charge is 0.222 e. The predicted octanol–water partition coefficient (Wildman–Crippen LogP) is 2.44. The predicted molar refractivity (Wildman–Crippen MR) is 82.8 cm³/mol. The van der Waals surface area contributed by atoms with Crippen molar-refractivity contribution >= 4 is 28.6 Å². The van der Waals surface area contributed by atoms with Crippen LogP contribution in [0.25, 0.3) is 10.9 Å². The van der Waals surface area contributed by atoms with Gasteiger partial charge in [0.1, 0.15) is 0 Å². The van der Waals surface area contributed by atoms with Crippen molar-refractivity contribution in [3.05, 3.63) is 30.5 Å². The molecule has 1 amide bonds. The van der Waals surface area contributed by atoms with Gasteiger partial charge < -0.3 is 5.32 Å². The van der Waals surface area contributed by atoms with Gasteiger partial charge in [0, 0.05) is 17.8 Å². The fourth-order valence-corrected chi connectivity index (χ4v) is 3.66. The molecule has 1 N–H and O–H groups in total. The Bertz CT molecular complexity index is 590.